The number of nitrogens with zero attached hydrogens (tertiary/aromatic N) is 3. The molecule has 2 amide bonds. The summed E-state index contributed by atoms with van der Waals surface area (Å²) in [5.41, 5.74) is 0.621. The predicted molar refractivity (Wildman–Crippen MR) is 99.2 cm³/mol. The molecule has 1 aromatic carbocycles. The summed E-state index contributed by atoms with van der Waals surface area (Å²) >= 11 is 0. The van der Waals surface area contributed by atoms with Crippen molar-refractivity contribution in [2.45, 2.75) is 19.3 Å². The first-order valence-corrected chi connectivity index (χ1v) is 9.25. The number of aromatic amines is 1. The second kappa shape index (κ2) is 6.98. The first kappa shape index (κ1) is 17.5. The molecule has 2 aliphatic rings. The Bertz CT molecular complexity index is 890. The van der Waals surface area contributed by atoms with Crippen LogP contribution in [-0.2, 0) is 11.2 Å². The van der Waals surface area contributed by atoms with E-state index in [4.69, 9.17) is 0 Å². The zero-order valence-corrected chi connectivity index (χ0v) is 15.1. The van der Waals surface area contributed by atoms with Crippen LogP contribution in [0.4, 0.5) is 0 Å². The van der Waals surface area contributed by atoms with Crippen LogP contribution < -0.4 is 5.56 Å². The predicted octanol–water partition coefficient (Wildman–Crippen LogP) is 1.08. The third-order valence-electron chi connectivity index (χ3n) is 5.65. The maximum absolute atomic E-state index is 13.0. The lowest BCUT2D eigenvalue weighted by molar-refractivity contribution is -0.135. The Kier molecular flexibility index (Phi) is 4.51. The molecule has 140 valence electrons. The molecule has 7 nitrogen and oxygen atoms in total. The van der Waals surface area contributed by atoms with Crippen molar-refractivity contribution in [1.82, 2.24) is 19.8 Å². The molecule has 1 unspecified atom stereocenters. The van der Waals surface area contributed by atoms with Gasteiger partial charge in [-0.2, -0.15) is 0 Å². The van der Waals surface area contributed by atoms with E-state index in [0.29, 0.717) is 26.1 Å². The van der Waals surface area contributed by atoms with Crippen molar-refractivity contribution >= 4 is 11.8 Å². The van der Waals surface area contributed by atoms with E-state index in [2.05, 4.69) is 22.1 Å². The first-order valence-electron chi connectivity index (χ1n) is 9.25. The molecule has 4 rings (SSSR count). The van der Waals surface area contributed by atoms with Gasteiger partial charge in [0, 0.05) is 32.4 Å². The molecule has 1 atom stereocenters. The van der Waals surface area contributed by atoms with Crippen LogP contribution in [0.3, 0.4) is 0 Å². The average molecular weight is 366 g/mol. The number of H-pyrrole nitrogens is 1. The van der Waals surface area contributed by atoms with E-state index in [1.54, 1.807) is 4.90 Å². The van der Waals surface area contributed by atoms with Gasteiger partial charge in [0.25, 0.3) is 11.5 Å². The number of rotatable bonds is 4. The molecule has 1 spiro atoms. The summed E-state index contributed by atoms with van der Waals surface area (Å²) in [6.07, 6.45) is 4.74. The first-order chi connectivity index (χ1) is 13.1. The summed E-state index contributed by atoms with van der Waals surface area (Å²) in [5.74, 6) is -0.0816. The van der Waals surface area contributed by atoms with E-state index in [0.717, 1.165) is 25.6 Å². The molecule has 0 saturated carbocycles. The van der Waals surface area contributed by atoms with E-state index in [-0.39, 0.29) is 23.1 Å². The Morgan fingerprint density at radius 3 is 2.67 bits per heavy atom. The van der Waals surface area contributed by atoms with Gasteiger partial charge in [-0.15, -0.1) is 0 Å². The minimum absolute atomic E-state index is 0.156. The van der Waals surface area contributed by atoms with Crippen LogP contribution in [0.1, 0.15) is 28.9 Å². The SMILES string of the molecule is O=C(c1c[nH]c(=O)cn1)N1CCC2(CCN(CCc3ccccc3)C2=O)C1. The summed E-state index contributed by atoms with van der Waals surface area (Å²) in [7, 11) is 0. The van der Waals surface area contributed by atoms with Crippen molar-refractivity contribution in [3.8, 4) is 0 Å². The Hall–Kier alpha value is -2.96. The van der Waals surface area contributed by atoms with Crippen molar-refractivity contribution in [3.63, 3.8) is 0 Å². The third kappa shape index (κ3) is 3.37. The average Bonchev–Trinajstić information content (AvgIpc) is 3.26. The monoisotopic (exact) mass is 366 g/mol. The largest absolute Gasteiger partial charge is 0.342 e. The van der Waals surface area contributed by atoms with Crippen molar-refractivity contribution in [2.24, 2.45) is 5.41 Å². The number of nitrogens with one attached hydrogen (secondary N) is 1. The maximum atomic E-state index is 13.0. The van der Waals surface area contributed by atoms with Gasteiger partial charge in [0.05, 0.1) is 11.6 Å². The van der Waals surface area contributed by atoms with Gasteiger partial charge in [-0.25, -0.2) is 4.98 Å². The molecule has 0 aliphatic carbocycles. The molecule has 2 fully saturated rings. The molecular weight excluding hydrogens is 344 g/mol. The Morgan fingerprint density at radius 2 is 1.93 bits per heavy atom. The number of amides is 2. The molecule has 0 radical (unpaired) electrons. The van der Waals surface area contributed by atoms with Gasteiger partial charge in [-0.05, 0) is 24.8 Å². The zero-order valence-electron chi connectivity index (χ0n) is 15.1. The Balaban J connectivity index is 1.40. The van der Waals surface area contributed by atoms with Crippen LogP contribution in [0.5, 0.6) is 0 Å². The summed E-state index contributed by atoms with van der Waals surface area (Å²) in [5, 5.41) is 0. The van der Waals surface area contributed by atoms with E-state index in [1.165, 1.54) is 11.8 Å². The molecule has 3 heterocycles. The second-order valence-electron chi connectivity index (χ2n) is 7.33. The van der Waals surface area contributed by atoms with E-state index in [9.17, 15) is 14.4 Å². The molecule has 7 heteroatoms. The summed E-state index contributed by atoms with van der Waals surface area (Å²) < 4.78 is 0. The minimum atomic E-state index is -0.464. The molecule has 1 N–H and O–H groups in total. The highest BCUT2D eigenvalue weighted by Gasteiger charge is 2.51. The van der Waals surface area contributed by atoms with Crippen molar-refractivity contribution in [3.05, 3.63) is 64.3 Å². The van der Waals surface area contributed by atoms with Gasteiger partial charge < -0.3 is 14.8 Å². The lowest BCUT2D eigenvalue weighted by atomic mass is 9.85. The highest BCUT2D eigenvalue weighted by atomic mass is 16.2. The Morgan fingerprint density at radius 1 is 1.15 bits per heavy atom. The fourth-order valence-electron chi connectivity index (χ4n) is 4.06. The molecule has 1 aromatic heterocycles. The molecule has 2 saturated heterocycles. The fourth-order valence-corrected chi connectivity index (χ4v) is 4.06. The summed E-state index contributed by atoms with van der Waals surface area (Å²) in [4.78, 5) is 46.7. The van der Waals surface area contributed by atoms with Crippen LogP contribution in [0.25, 0.3) is 0 Å². The van der Waals surface area contributed by atoms with Crippen LogP contribution in [-0.4, -0.2) is 57.8 Å². The van der Waals surface area contributed by atoms with E-state index in [1.807, 2.05) is 23.1 Å². The van der Waals surface area contributed by atoms with Crippen LogP contribution in [0, 0.1) is 5.41 Å². The molecule has 0 bridgehead atoms. The number of carbonyl (C=O) groups excluding carboxylic acids is 2. The topological polar surface area (TPSA) is 86.4 Å². The van der Waals surface area contributed by atoms with Gasteiger partial charge in [0.15, 0.2) is 0 Å². The highest BCUT2D eigenvalue weighted by Crippen LogP contribution is 2.41. The lowest BCUT2D eigenvalue weighted by Crippen LogP contribution is -2.39. The standard InChI is InChI=1S/C20H22N4O3/c25-17-13-21-16(12-22-17)18(26)24-11-8-20(14-24)7-10-23(19(20)27)9-6-15-4-2-1-3-5-15/h1-5,12-13H,6-11,14H2,(H,22,25). The van der Waals surface area contributed by atoms with Crippen molar-refractivity contribution in [1.29, 1.82) is 0 Å². The number of hydrogen-bond acceptors (Lipinski definition) is 4. The number of likely N-dealkylation sites (tertiary alicyclic amines) is 2. The van der Waals surface area contributed by atoms with E-state index >= 15 is 0 Å². The number of carbonyl (C=O) groups is 2. The summed E-state index contributed by atoms with van der Waals surface area (Å²) in [6, 6.07) is 10.1. The molecule has 2 aromatic rings. The van der Waals surface area contributed by atoms with Gasteiger partial charge in [0.2, 0.25) is 5.91 Å². The van der Waals surface area contributed by atoms with Gasteiger partial charge >= 0.3 is 0 Å². The zero-order chi connectivity index (χ0) is 18.9. The lowest BCUT2D eigenvalue weighted by Gasteiger charge is -2.23. The highest BCUT2D eigenvalue weighted by molar-refractivity contribution is 5.93. The number of aromatic nitrogens is 2. The second-order valence-corrected chi connectivity index (χ2v) is 7.33. The van der Waals surface area contributed by atoms with Crippen LogP contribution >= 0.6 is 0 Å². The van der Waals surface area contributed by atoms with Gasteiger partial charge in [-0.3, -0.25) is 14.4 Å². The molecule has 2 aliphatic heterocycles. The minimum Gasteiger partial charge on any atom is -0.342 e. The fraction of sp³-hybridized carbons (Fsp3) is 0.400. The number of benzene rings is 1. The smallest absolute Gasteiger partial charge is 0.273 e. The third-order valence-corrected chi connectivity index (χ3v) is 5.65. The molecular formula is C20H22N4O3. The quantitative estimate of drug-likeness (QED) is 0.877. The van der Waals surface area contributed by atoms with Crippen molar-refractivity contribution < 1.29 is 9.59 Å². The number of hydrogen-bond donors (Lipinski definition) is 1. The van der Waals surface area contributed by atoms with Crippen LogP contribution in [0.2, 0.25) is 0 Å². The maximum Gasteiger partial charge on any atom is 0.273 e. The van der Waals surface area contributed by atoms with Gasteiger partial charge in [-0.1, -0.05) is 30.3 Å². The van der Waals surface area contributed by atoms with Crippen molar-refractivity contribution in [2.75, 3.05) is 26.2 Å². The van der Waals surface area contributed by atoms with Crippen LogP contribution in [0.15, 0.2) is 47.5 Å². The summed E-state index contributed by atoms with van der Waals surface area (Å²) in [6.45, 7) is 2.41. The Labute approximate surface area is 157 Å². The van der Waals surface area contributed by atoms with E-state index < -0.39 is 5.41 Å². The molecule has 27 heavy (non-hydrogen) atoms. The van der Waals surface area contributed by atoms with Gasteiger partial charge in [0.1, 0.15) is 5.69 Å². The normalized spacial score (nSPS) is 22.0.